The lowest BCUT2D eigenvalue weighted by Crippen LogP contribution is -2.50. The van der Waals surface area contributed by atoms with Gasteiger partial charge in [0.25, 0.3) is 0 Å². The maximum atomic E-state index is 13.4. The molecule has 0 aromatic heterocycles. The summed E-state index contributed by atoms with van der Waals surface area (Å²) in [7, 11) is -3.55. The van der Waals surface area contributed by atoms with Crippen molar-refractivity contribution >= 4 is 27.5 Å². The molecule has 7 nitrogen and oxygen atoms in total. The molecule has 2 rings (SSSR count). The summed E-state index contributed by atoms with van der Waals surface area (Å²) >= 11 is 0. The zero-order chi connectivity index (χ0) is 27.6. The summed E-state index contributed by atoms with van der Waals surface area (Å²) < 4.78 is 39.7. The van der Waals surface area contributed by atoms with Crippen molar-refractivity contribution in [3.8, 4) is 0 Å². The first-order chi connectivity index (χ1) is 17.5. The molecule has 0 aliphatic rings. The number of aryl methyl sites for hydroxylation is 1. The number of hydrogen-bond acceptors (Lipinski definition) is 4. The van der Waals surface area contributed by atoms with Gasteiger partial charge in [-0.2, -0.15) is 0 Å². The van der Waals surface area contributed by atoms with E-state index in [2.05, 4.69) is 5.32 Å². The minimum Gasteiger partial charge on any atom is -0.352 e. The predicted molar refractivity (Wildman–Crippen MR) is 146 cm³/mol. The van der Waals surface area contributed by atoms with Crippen LogP contribution >= 0.6 is 0 Å². The molecule has 0 spiro atoms. The largest absolute Gasteiger partial charge is 0.352 e. The number of rotatable bonds is 14. The molecular weight excluding hydrogens is 493 g/mol. The first-order valence-corrected chi connectivity index (χ1v) is 14.8. The van der Waals surface area contributed by atoms with Crippen molar-refractivity contribution in [3.63, 3.8) is 0 Å². The molecule has 0 unspecified atom stereocenters. The highest BCUT2D eigenvalue weighted by molar-refractivity contribution is 7.92. The molecule has 0 heterocycles. The molecule has 2 amide bonds. The van der Waals surface area contributed by atoms with Gasteiger partial charge in [0.2, 0.25) is 21.8 Å². The number of carbonyl (C=O) groups is 2. The zero-order valence-corrected chi connectivity index (χ0v) is 23.4. The van der Waals surface area contributed by atoms with Gasteiger partial charge in [-0.15, -0.1) is 0 Å². The van der Waals surface area contributed by atoms with Crippen LogP contribution in [0.15, 0.2) is 48.5 Å². The summed E-state index contributed by atoms with van der Waals surface area (Å²) in [5.41, 5.74) is 2.36. The van der Waals surface area contributed by atoms with Gasteiger partial charge >= 0.3 is 0 Å². The number of halogens is 1. The smallest absolute Gasteiger partial charge is 0.243 e. The number of nitrogens with one attached hydrogen (secondary N) is 1. The molecule has 0 aliphatic heterocycles. The van der Waals surface area contributed by atoms with Gasteiger partial charge in [-0.3, -0.25) is 13.9 Å². The molecule has 0 saturated heterocycles. The second-order valence-corrected chi connectivity index (χ2v) is 11.3. The fourth-order valence-corrected chi connectivity index (χ4v) is 5.01. The Balaban J connectivity index is 2.21. The van der Waals surface area contributed by atoms with E-state index < -0.39 is 16.1 Å². The predicted octanol–water partition coefficient (Wildman–Crippen LogP) is 4.66. The Hall–Kier alpha value is -2.94. The Morgan fingerprint density at radius 2 is 1.54 bits per heavy atom. The van der Waals surface area contributed by atoms with Crippen molar-refractivity contribution in [2.24, 2.45) is 0 Å². The van der Waals surface area contributed by atoms with Crippen LogP contribution in [-0.2, 0) is 32.6 Å². The van der Waals surface area contributed by atoms with E-state index in [4.69, 9.17) is 0 Å². The molecule has 0 aliphatic carbocycles. The number of amides is 2. The van der Waals surface area contributed by atoms with Crippen LogP contribution in [0.3, 0.4) is 0 Å². The van der Waals surface area contributed by atoms with Crippen LogP contribution in [0.5, 0.6) is 0 Å². The second-order valence-electron chi connectivity index (χ2n) is 9.35. The van der Waals surface area contributed by atoms with Gasteiger partial charge in [0.1, 0.15) is 11.9 Å². The summed E-state index contributed by atoms with van der Waals surface area (Å²) in [6.45, 7) is 8.03. The molecule has 2 aromatic carbocycles. The van der Waals surface area contributed by atoms with Crippen LogP contribution in [0.25, 0.3) is 0 Å². The molecule has 1 N–H and O–H groups in total. The summed E-state index contributed by atoms with van der Waals surface area (Å²) in [4.78, 5) is 28.0. The Morgan fingerprint density at radius 3 is 2.05 bits per heavy atom. The fourth-order valence-electron chi connectivity index (χ4n) is 4.05. The average molecular weight is 534 g/mol. The molecule has 37 heavy (non-hydrogen) atoms. The summed E-state index contributed by atoms with van der Waals surface area (Å²) in [5.74, 6) is -0.873. The molecule has 0 radical (unpaired) electrons. The Morgan fingerprint density at radius 1 is 0.946 bits per heavy atom. The third-order valence-electron chi connectivity index (χ3n) is 6.44. The van der Waals surface area contributed by atoms with Gasteiger partial charge in [0, 0.05) is 25.6 Å². The molecule has 0 saturated carbocycles. The van der Waals surface area contributed by atoms with Crippen molar-refractivity contribution in [1.29, 1.82) is 0 Å². The third-order valence-corrected chi connectivity index (χ3v) is 7.63. The van der Waals surface area contributed by atoms with Crippen LogP contribution in [0.1, 0.15) is 64.5 Å². The van der Waals surface area contributed by atoms with Crippen LogP contribution in [0, 0.1) is 5.82 Å². The molecule has 0 fully saturated rings. The molecule has 2 aromatic rings. The van der Waals surface area contributed by atoms with Gasteiger partial charge in [-0.1, -0.05) is 45.0 Å². The summed E-state index contributed by atoms with van der Waals surface area (Å²) in [5, 5.41) is 2.96. The van der Waals surface area contributed by atoms with Crippen molar-refractivity contribution in [3.05, 3.63) is 65.5 Å². The molecule has 9 heteroatoms. The SMILES string of the molecule is CCc1ccc(N(CCCC(=O)N(Cc2ccc(F)cc2)[C@@H](CC)C(=O)N[C@H](C)CC)S(C)(=O)=O)cc1. The maximum absolute atomic E-state index is 13.4. The van der Waals surface area contributed by atoms with E-state index in [1.165, 1.54) is 21.3 Å². The number of benzene rings is 2. The van der Waals surface area contributed by atoms with Crippen molar-refractivity contribution < 1.29 is 22.4 Å². The quantitative estimate of drug-likeness (QED) is 0.383. The molecule has 0 bridgehead atoms. The number of sulfonamides is 1. The Kier molecular flexibility index (Phi) is 11.6. The van der Waals surface area contributed by atoms with E-state index in [1.54, 1.807) is 24.3 Å². The second kappa shape index (κ2) is 14.1. The lowest BCUT2D eigenvalue weighted by Gasteiger charge is -2.32. The zero-order valence-electron chi connectivity index (χ0n) is 22.5. The van der Waals surface area contributed by atoms with Gasteiger partial charge in [-0.05, 0) is 68.0 Å². The third kappa shape index (κ3) is 9.14. The first kappa shape index (κ1) is 30.3. The minimum atomic E-state index is -3.55. The van der Waals surface area contributed by atoms with E-state index >= 15 is 0 Å². The highest BCUT2D eigenvalue weighted by atomic mass is 32.2. The minimum absolute atomic E-state index is 0.0354. The van der Waals surface area contributed by atoms with Gasteiger partial charge in [0.05, 0.1) is 11.9 Å². The lowest BCUT2D eigenvalue weighted by molar-refractivity contribution is -0.141. The summed E-state index contributed by atoms with van der Waals surface area (Å²) in [6.07, 6.45) is 3.51. The topological polar surface area (TPSA) is 86.8 Å². The number of nitrogens with zero attached hydrogens (tertiary/aromatic N) is 2. The van der Waals surface area contributed by atoms with Crippen LogP contribution < -0.4 is 9.62 Å². The highest BCUT2D eigenvalue weighted by Gasteiger charge is 2.29. The Labute approximate surface area is 221 Å². The fraction of sp³-hybridized carbons (Fsp3) is 0.500. The molecular formula is C28H40FN3O4S. The van der Waals surface area contributed by atoms with Crippen molar-refractivity contribution in [2.45, 2.75) is 78.4 Å². The van der Waals surface area contributed by atoms with Crippen LogP contribution in [-0.4, -0.2) is 50.0 Å². The maximum Gasteiger partial charge on any atom is 0.243 e. The number of anilines is 1. The summed E-state index contributed by atoms with van der Waals surface area (Å²) in [6, 6.07) is 12.4. The average Bonchev–Trinajstić information content (AvgIpc) is 2.86. The van der Waals surface area contributed by atoms with E-state index in [0.717, 1.165) is 24.7 Å². The Bertz CT molecular complexity index is 1120. The van der Waals surface area contributed by atoms with Crippen LogP contribution in [0.4, 0.5) is 10.1 Å². The van der Waals surface area contributed by atoms with E-state index in [9.17, 15) is 22.4 Å². The number of carbonyl (C=O) groups excluding carboxylic acids is 2. The van der Waals surface area contributed by atoms with E-state index in [-0.39, 0.29) is 49.6 Å². The standard InChI is InChI=1S/C28H40FN3O4S/c1-6-21(4)30-28(34)26(8-3)31(20-23-11-15-24(29)16-12-23)27(33)10-9-19-32(37(5,35)36)25-17-13-22(7-2)14-18-25/h11-18,21,26H,6-10,19-20H2,1-5H3,(H,30,34)/t21-,26+/m1/s1. The number of hydrogen-bond donors (Lipinski definition) is 1. The molecule has 204 valence electrons. The monoisotopic (exact) mass is 533 g/mol. The molecule has 2 atom stereocenters. The van der Waals surface area contributed by atoms with Gasteiger partial charge < -0.3 is 10.2 Å². The van der Waals surface area contributed by atoms with Gasteiger partial charge in [0.15, 0.2) is 0 Å². The van der Waals surface area contributed by atoms with Gasteiger partial charge in [-0.25, -0.2) is 12.8 Å². The lowest BCUT2D eigenvalue weighted by atomic mass is 10.1. The highest BCUT2D eigenvalue weighted by Crippen LogP contribution is 2.21. The first-order valence-electron chi connectivity index (χ1n) is 12.9. The van der Waals surface area contributed by atoms with Crippen molar-refractivity contribution in [2.75, 3.05) is 17.1 Å². The van der Waals surface area contributed by atoms with Crippen LogP contribution in [0.2, 0.25) is 0 Å². The normalized spacial score (nSPS) is 13.0. The van der Waals surface area contributed by atoms with Crippen molar-refractivity contribution in [1.82, 2.24) is 10.2 Å². The van der Waals surface area contributed by atoms with E-state index in [0.29, 0.717) is 17.7 Å². The van der Waals surface area contributed by atoms with E-state index in [1.807, 2.05) is 39.8 Å².